The second-order valence-electron chi connectivity index (χ2n) is 7.52. The number of amides is 1. The topological polar surface area (TPSA) is 80.2 Å². The zero-order valence-electron chi connectivity index (χ0n) is 17.0. The number of H-pyrrole nitrogens is 1. The number of piperidine rings is 1. The third-order valence-electron chi connectivity index (χ3n) is 5.60. The molecule has 1 aromatic heterocycles. The highest BCUT2D eigenvalue weighted by Gasteiger charge is 2.28. The van der Waals surface area contributed by atoms with Gasteiger partial charge in [0.15, 0.2) is 11.6 Å². The van der Waals surface area contributed by atoms with Crippen molar-refractivity contribution in [3.8, 4) is 5.75 Å². The van der Waals surface area contributed by atoms with Gasteiger partial charge >= 0.3 is 5.69 Å². The first-order chi connectivity index (χ1) is 15.0. The predicted octanol–water partition coefficient (Wildman–Crippen LogP) is 2.93. The Morgan fingerprint density at radius 3 is 2.48 bits per heavy atom. The molecule has 1 aliphatic heterocycles. The molecule has 1 aliphatic rings. The minimum atomic E-state index is -1.04. The number of hydrogen-bond donors (Lipinski definition) is 1. The third kappa shape index (κ3) is 4.35. The van der Waals surface area contributed by atoms with Gasteiger partial charge < -0.3 is 9.64 Å². The molecule has 7 nitrogen and oxygen atoms in total. The summed E-state index contributed by atoms with van der Waals surface area (Å²) < 4.78 is 33.4. The summed E-state index contributed by atoms with van der Waals surface area (Å²) in [5, 5.41) is 6.75. The van der Waals surface area contributed by atoms with Gasteiger partial charge in [-0.05, 0) is 48.7 Å². The van der Waals surface area contributed by atoms with E-state index in [1.807, 2.05) is 24.3 Å². The van der Waals surface area contributed by atoms with Gasteiger partial charge in [-0.25, -0.2) is 18.7 Å². The minimum absolute atomic E-state index is 0.00574. The number of nitrogens with zero attached hydrogens (tertiary/aromatic N) is 3. The van der Waals surface area contributed by atoms with E-state index in [4.69, 9.17) is 4.74 Å². The summed E-state index contributed by atoms with van der Waals surface area (Å²) in [6, 6.07) is 10.6. The number of carbonyl (C=O) groups is 1. The number of rotatable bonds is 5. The van der Waals surface area contributed by atoms with Crippen LogP contribution in [0.3, 0.4) is 0 Å². The zero-order chi connectivity index (χ0) is 22.0. The van der Waals surface area contributed by atoms with Crippen molar-refractivity contribution in [2.75, 3.05) is 20.2 Å². The fourth-order valence-corrected chi connectivity index (χ4v) is 3.86. The van der Waals surface area contributed by atoms with E-state index < -0.39 is 11.6 Å². The Balaban J connectivity index is 1.44. The fraction of sp³-hybridized carbons (Fsp3) is 0.318. The molecule has 0 atom stereocenters. The highest BCUT2D eigenvalue weighted by atomic mass is 19.2. The first-order valence-electron chi connectivity index (χ1n) is 9.98. The lowest BCUT2D eigenvalue weighted by atomic mass is 9.95. The van der Waals surface area contributed by atoms with E-state index in [9.17, 15) is 18.4 Å². The minimum Gasteiger partial charge on any atom is -0.497 e. The van der Waals surface area contributed by atoms with Crippen LogP contribution in [0.1, 0.15) is 40.5 Å². The molecule has 1 saturated heterocycles. The van der Waals surface area contributed by atoms with Crippen molar-refractivity contribution < 1.29 is 18.3 Å². The highest BCUT2D eigenvalue weighted by molar-refractivity contribution is 5.94. The average molecular weight is 428 g/mol. The number of aromatic nitrogens is 3. The summed E-state index contributed by atoms with van der Waals surface area (Å²) in [4.78, 5) is 26.6. The van der Waals surface area contributed by atoms with Gasteiger partial charge in [0.2, 0.25) is 0 Å². The summed E-state index contributed by atoms with van der Waals surface area (Å²) in [7, 11) is 1.59. The fourth-order valence-electron chi connectivity index (χ4n) is 3.86. The average Bonchev–Trinajstić information content (AvgIpc) is 3.16. The lowest BCUT2D eigenvalue weighted by Crippen LogP contribution is -2.38. The molecule has 2 aromatic carbocycles. The molecule has 4 rings (SSSR count). The second-order valence-corrected chi connectivity index (χ2v) is 7.52. The van der Waals surface area contributed by atoms with Gasteiger partial charge in [0, 0.05) is 24.6 Å². The van der Waals surface area contributed by atoms with Crippen molar-refractivity contribution >= 4 is 5.91 Å². The van der Waals surface area contributed by atoms with Gasteiger partial charge in [0.25, 0.3) is 5.91 Å². The van der Waals surface area contributed by atoms with Gasteiger partial charge in [-0.2, -0.15) is 5.10 Å². The molecule has 2 heterocycles. The number of carbonyl (C=O) groups excluding carboxylic acids is 1. The van der Waals surface area contributed by atoms with Crippen molar-refractivity contribution in [2.45, 2.75) is 25.3 Å². The van der Waals surface area contributed by atoms with Gasteiger partial charge in [0.05, 0.1) is 13.7 Å². The predicted molar refractivity (Wildman–Crippen MR) is 109 cm³/mol. The highest BCUT2D eigenvalue weighted by Crippen LogP contribution is 2.27. The van der Waals surface area contributed by atoms with Crippen LogP contribution in [0.4, 0.5) is 8.78 Å². The molecule has 0 aliphatic carbocycles. The van der Waals surface area contributed by atoms with E-state index >= 15 is 0 Å². The summed E-state index contributed by atoms with van der Waals surface area (Å²) >= 11 is 0. The number of ether oxygens (including phenoxy) is 1. The van der Waals surface area contributed by atoms with Gasteiger partial charge in [-0.15, -0.1) is 0 Å². The normalized spacial score (nSPS) is 14.6. The van der Waals surface area contributed by atoms with Crippen molar-refractivity contribution in [3.63, 3.8) is 0 Å². The van der Waals surface area contributed by atoms with Crippen molar-refractivity contribution in [2.24, 2.45) is 0 Å². The van der Waals surface area contributed by atoms with Crippen LogP contribution in [0.15, 0.2) is 47.3 Å². The summed E-state index contributed by atoms with van der Waals surface area (Å²) in [5.74, 6) is -0.966. The van der Waals surface area contributed by atoms with Crippen LogP contribution in [0.25, 0.3) is 0 Å². The molecule has 0 radical (unpaired) electrons. The molecular weight excluding hydrogens is 406 g/mol. The van der Waals surface area contributed by atoms with E-state index in [0.717, 1.165) is 23.4 Å². The van der Waals surface area contributed by atoms with E-state index in [1.165, 1.54) is 6.07 Å². The zero-order valence-corrected chi connectivity index (χ0v) is 17.0. The smallest absolute Gasteiger partial charge is 0.343 e. The number of halogens is 2. The Morgan fingerprint density at radius 2 is 1.84 bits per heavy atom. The van der Waals surface area contributed by atoms with Crippen LogP contribution in [-0.4, -0.2) is 45.8 Å². The standard InChI is InChI=1S/C22H22F2N4O3/c1-31-17-5-2-14(3-6-17)13-28-20(25-26-22(28)30)15-8-10-27(11-9-15)21(29)16-4-7-18(23)19(24)12-16/h2-7,12,15H,8-11,13H2,1H3,(H,26,30). The SMILES string of the molecule is COc1ccc(Cn2c(C3CCN(C(=O)c4ccc(F)c(F)c4)CC3)n[nH]c2=O)cc1. The Kier molecular flexibility index (Phi) is 5.83. The summed E-state index contributed by atoms with van der Waals surface area (Å²) in [6.45, 7) is 1.25. The van der Waals surface area contributed by atoms with E-state index in [1.54, 1.807) is 16.6 Å². The Labute approximate surface area is 177 Å². The van der Waals surface area contributed by atoms with E-state index in [-0.39, 0.29) is 23.1 Å². The van der Waals surface area contributed by atoms with E-state index in [2.05, 4.69) is 10.2 Å². The molecular formula is C22H22F2N4O3. The molecule has 0 bridgehead atoms. The van der Waals surface area contributed by atoms with Crippen molar-refractivity contribution in [1.29, 1.82) is 0 Å². The molecule has 162 valence electrons. The largest absolute Gasteiger partial charge is 0.497 e. The van der Waals surface area contributed by atoms with Crippen molar-refractivity contribution in [1.82, 2.24) is 19.7 Å². The molecule has 3 aromatic rings. The Hall–Kier alpha value is -3.49. The summed E-state index contributed by atoms with van der Waals surface area (Å²) in [6.07, 6.45) is 1.23. The summed E-state index contributed by atoms with van der Waals surface area (Å²) in [5.41, 5.74) is 0.774. The van der Waals surface area contributed by atoms with Crippen LogP contribution < -0.4 is 10.4 Å². The third-order valence-corrected chi connectivity index (χ3v) is 5.60. The number of benzene rings is 2. The first kappa shape index (κ1) is 20.8. The molecule has 0 unspecified atom stereocenters. The van der Waals surface area contributed by atoms with Crippen LogP contribution >= 0.6 is 0 Å². The number of aromatic amines is 1. The lowest BCUT2D eigenvalue weighted by molar-refractivity contribution is 0.0709. The number of nitrogens with one attached hydrogen (secondary N) is 1. The second kappa shape index (κ2) is 8.71. The maximum atomic E-state index is 13.5. The molecule has 31 heavy (non-hydrogen) atoms. The van der Waals surface area contributed by atoms with Crippen LogP contribution in [0.2, 0.25) is 0 Å². The molecule has 0 spiro atoms. The molecule has 9 heteroatoms. The van der Waals surface area contributed by atoms with Gasteiger partial charge in [0.1, 0.15) is 11.6 Å². The lowest BCUT2D eigenvalue weighted by Gasteiger charge is -2.31. The molecule has 0 saturated carbocycles. The monoisotopic (exact) mass is 428 g/mol. The number of methoxy groups -OCH3 is 1. The maximum absolute atomic E-state index is 13.5. The molecule has 1 N–H and O–H groups in total. The number of hydrogen-bond acceptors (Lipinski definition) is 4. The molecule has 1 fully saturated rings. The molecule has 1 amide bonds. The van der Waals surface area contributed by atoms with E-state index in [0.29, 0.717) is 38.3 Å². The Morgan fingerprint density at radius 1 is 1.13 bits per heavy atom. The maximum Gasteiger partial charge on any atom is 0.343 e. The van der Waals surface area contributed by atoms with Crippen LogP contribution in [0.5, 0.6) is 5.75 Å². The van der Waals surface area contributed by atoms with Crippen LogP contribution in [0, 0.1) is 11.6 Å². The van der Waals surface area contributed by atoms with Crippen LogP contribution in [-0.2, 0) is 6.54 Å². The first-order valence-corrected chi connectivity index (χ1v) is 9.98. The van der Waals surface area contributed by atoms with Gasteiger partial charge in [-0.1, -0.05) is 12.1 Å². The van der Waals surface area contributed by atoms with Gasteiger partial charge in [-0.3, -0.25) is 9.36 Å². The Bertz CT molecular complexity index is 1130. The van der Waals surface area contributed by atoms with Crippen molar-refractivity contribution in [3.05, 3.63) is 81.5 Å². The number of likely N-dealkylation sites (tertiary alicyclic amines) is 1. The quantitative estimate of drug-likeness (QED) is 0.678.